The molecule has 0 bridgehead atoms. The molecule has 0 amide bonds. The summed E-state index contributed by atoms with van der Waals surface area (Å²) in [6, 6.07) is 6.55. The predicted octanol–water partition coefficient (Wildman–Crippen LogP) is 4.28. The lowest BCUT2D eigenvalue weighted by atomic mass is 10.0. The highest BCUT2D eigenvalue weighted by Gasteiger charge is 2.28. The third-order valence-corrected chi connectivity index (χ3v) is 4.37. The van der Waals surface area contributed by atoms with E-state index in [-0.39, 0.29) is 5.78 Å². The summed E-state index contributed by atoms with van der Waals surface area (Å²) < 4.78 is 1.03. The first-order chi connectivity index (χ1) is 8.50. The Morgan fingerprint density at radius 2 is 2.17 bits per heavy atom. The van der Waals surface area contributed by atoms with E-state index in [9.17, 15) is 4.79 Å². The first-order valence-corrected chi connectivity index (χ1v) is 7.37. The van der Waals surface area contributed by atoms with Gasteiger partial charge >= 0.3 is 0 Å². The number of hydrogen-bond acceptors (Lipinski definition) is 2. The molecule has 0 N–H and O–H groups in total. The summed E-state index contributed by atoms with van der Waals surface area (Å²) in [6.07, 6.45) is 2.52. The van der Waals surface area contributed by atoms with Gasteiger partial charge < -0.3 is 4.90 Å². The normalized spacial score (nSPS) is 19.6. The molecule has 0 saturated carbocycles. The molecule has 1 heterocycles. The zero-order valence-corrected chi connectivity index (χ0v) is 12.8. The molecule has 1 aromatic carbocycles. The second-order valence-corrected chi connectivity index (χ2v) is 6.22. The number of hydrogen-bond donors (Lipinski definition) is 0. The Morgan fingerprint density at radius 3 is 2.72 bits per heavy atom. The van der Waals surface area contributed by atoms with Crippen molar-refractivity contribution in [2.24, 2.45) is 5.92 Å². The van der Waals surface area contributed by atoms with Crippen LogP contribution in [-0.4, -0.2) is 18.4 Å². The molecule has 0 radical (unpaired) electrons. The number of Topliss-reactive ketones (excluding diaryl/α,β-unsaturated/α-hetero) is 1. The van der Waals surface area contributed by atoms with Gasteiger partial charge in [0.15, 0.2) is 5.78 Å². The third-order valence-electron chi connectivity index (χ3n) is 3.73. The van der Waals surface area contributed by atoms with Crippen molar-refractivity contribution in [3.8, 4) is 0 Å². The average Bonchev–Trinajstić information content (AvgIpc) is 2.77. The smallest absolute Gasteiger partial charge is 0.159 e. The van der Waals surface area contributed by atoms with Crippen molar-refractivity contribution in [3.63, 3.8) is 0 Å². The van der Waals surface area contributed by atoms with E-state index in [1.165, 1.54) is 18.5 Å². The summed E-state index contributed by atoms with van der Waals surface area (Å²) in [7, 11) is 0. The highest BCUT2D eigenvalue weighted by Crippen LogP contribution is 2.35. The van der Waals surface area contributed by atoms with Crippen LogP contribution in [0.2, 0.25) is 0 Å². The molecule has 0 aliphatic carbocycles. The first-order valence-electron chi connectivity index (χ1n) is 6.58. The fraction of sp³-hybridized carbons (Fsp3) is 0.533. The average molecular weight is 310 g/mol. The predicted molar refractivity (Wildman–Crippen MR) is 79.4 cm³/mol. The van der Waals surface area contributed by atoms with Crippen LogP contribution in [0.15, 0.2) is 22.7 Å². The number of nitrogens with zero attached hydrogens (tertiary/aromatic N) is 1. The van der Waals surface area contributed by atoms with E-state index in [1.54, 1.807) is 6.92 Å². The standard InChI is InChI=1S/C15H20BrNO/c1-10(2)14-5-4-8-17(14)15-7-6-12(11(3)18)9-13(15)16/h6-7,9-10,14H,4-5,8H2,1-3H3. The van der Waals surface area contributed by atoms with Gasteiger partial charge in [0.25, 0.3) is 0 Å². The number of anilines is 1. The maximum Gasteiger partial charge on any atom is 0.159 e. The Labute approximate surface area is 117 Å². The van der Waals surface area contributed by atoms with Crippen LogP contribution < -0.4 is 4.90 Å². The van der Waals surface area contributed by atoms with Crippen LogP contribution in [0, 0.1) is 5.92 Å². The van der Waals surface area contributed by atoms with Crippen molar-refractivity contribution in [2.75, 3.05) is 11.4 Å². The zero-order valence-electron chi connectivity index (χ0n) is 11.2. The zero-order chi connectivity index (χ0) is 13.3. The SMILES string of the molecule is CC(=O)c1ccc(N2CCCC2C(C)C)c(Br)c1. The van der Waals surface area contributed by atoms with Crippen LogP contribution in [0.4, 0.5) is 5.69 Å². The number of ketones is 1. The van der Waals surface area contributed by atoms with E-state index < -0.39 is 0 Å². The number of rotatable bonds is 3. The second kappa shape index (κ2) is 5.43. The van der Waals surface area contributed by atoms with Crippen molar-refractivity contribution in [3.05, 3.63) is 28.2 Å². The van der Waals surface area contributed by atoms with Gasteiger partial charge in [-0.25, -0.2) is 0 Å². The Kier molecular flexibility index (Phi) is 4.10. The lowest BCUT2D eigenvalue weighted by molar-refractivity contribution is 0.101. The maximum absolute atomic E-state index is 11.4. The number of halogens is 1. The van der Waals surface area contributed by atoms with E-state index >= 15 is 0 Å². The molecule has 1 aliphatic heterocycles. The van der Waals surface area contributed by atoms with Crippen molar-refractivity contribution in [2.45, 2.75) is 39.7 Å². The van der Waals surface area contributed by atoms with Gasteiger partial charge in [-0.15, -0.1) is 0 Å². The Hall–Kier alpha value is -0.830. The van der Waals surface area contributed by atoms with E-state index in [2.05, 4.69) is 40.7 Å². The minimum atomic E-state index is 0.115. The minimum absolute atomic E-state index is 0.115. The van der Waals surface area contributed by atoms with Gasteiger partial charge in [0.1, 0.15) is 0 Å². The van der Waals surface area contributed by atoms with Crippen LogP contribution in [-0.2, 0) is 0 Å². The molecule has 1 atom stereocenters. The van der Waals surface area contributed by atoms with Crippen molar-refractivity contribution in [1.82, 2.24) is 0 Å². The lowest BCUT2D eigenvalue weighted by Crippen LogP contribution is -2.33. The Balaban J connectivity index is 2.31. The summed E-state index contributed by atoms with van der Waals surface area (Å²) >= 11 is 3.61. The highest BCUT2D eigenvalue weighted by atomic mass is 79.9. The van der Waals surface area contributed by atoms with E-state index in [0.717, 1.165) is 16.6 Å². The van der Waals surface area contributed by atoms with Crippen LogP contribution in [0.3, 0.4) is 0 Å². The van der Waals surface area contributed by atoms with Gasteiger partial charge in [-0.2, -0.15) is 0 Å². The molecule has 18 heavy (non-hydrogen) atoms. The fourth-order valence-corrected chi connectivity index (χ4v) is 3.35. The Morgan fingerprint density at radius 1 is 1.44 bits per heavy atom. The van der Waals surface area contributed by atoms with E-state index in [1.807, 2.05) is 12.1 Å². The largest absolute Gasteiger partial charge is 0.367 e. The van der Waals surface area contributed by atoms with Crippen LogP contribution in [0.25, 0.3) is 0 Å². The summed E-state index contributed by atoms with van der Waals surface area (Å²) in [6.45, 7) is 7.27. The molecule has 0 spiro atoms. The maximum atomic E-state index is 11.4. The van der Waals surface area contributed by atoms with Gasteiger partial charge in [-0.3, -0.25) is 4.79 Å². The van der Waals surface area contributed by atoms with Gasteiger partial charge in [-0.05, 0) is 59.8 Å². The molecular formula is C15H20BrNO. The van der Waals surface area contributed by atoms with Crippen molar-refractivity contribution in [1.29, 1.82) is 0 Å². The van der Waals surface area contributed by atoms with Gasteiger partial charge in [0.2, 0.25) is 0 Å². The molecule has 3 heteroatoms. The van der Waals surface area contributed by atoms with E-state index in [4.69, 9.17) is 0 Å². The lowest BCUT2D eigenvalue weighted by Gasteiger charge is -2.30. The van der Waals surface area contributed by atoms with Gasteiger partial charge in [-0.1, -0.05) is 13.8 Å². The summed E-state index contributed by atoms with van der Waals surface area (Å²) in [5, 5.41) is 0. The first kappa shape index (κ1) is 13.6. The molecular weight excluding hydrogens is 290 g/mol. The van der Waals surface area contributed by atoms with Gasteiger partial charge in [0.05, 0.1) is 5.69 Å². The summed E-state index contributed by atoms with van der Waals surface area (Å²) in [4.78, 5) is 13.8. The molecule has 1 unspecified atom stereocenters. The quantitative estimate of drug-likeness (QED) is 0.777. The topological polar surface area (TPSA) is 20.3 Å². The summed E-state index contributed by atoms with van der Waals surface area (Å²) in [5.74, 6) is 0.774. The molecule has 1 fully saturated rings. The fourth-order valence-electron chi connectivity index (χ4n) is 2.74. The van der Waals surface area contributed by atoms with Crippen LogP contribution in [0.5, 0.6) is 0 Å². The second-order valence-electron chi connectivity index (χ2n) is 5.37. The number of benzene rings is 1. The number of carbonyl (C=O) groups is 1. The molecule has 1 saturated heterocycles. The molecule has 0 aromatic heterocycles. The monoisotopic (exact) mass is 309 g/mol. The highest BCUT2D eigenvalue weighted by molar-refractivity contribution is 9.10. The Bertz CT molecular complexity index is 456. The third kappa shape index (κ3) is 2.61. The minimum Gasteiger partial charge on any atom is -0.367 e. The van der Waals surface area contributed by atoms with Crippen LogP contribution in [0.1, 0.15) is 44.0 Å². The number of carbonyl (C=O) groups excluding carboxylic acids is 1. The van der Waals surface area contributed by atoms with Crippen molar-refractivity contribution >= 4 is 27.4 Å². The molecule has 1 aromatic rings. The van der Waals surface area contributed by atoms with Crippen molar-refractivity contribution < 1.29 is 4.79 Å². The molecule has 1 aliphatic rings. The molecule has 2 rings (SSSR count). The molecule has 2 nitrogen and oxygen atoms in total. The van der Waals surface area contributed by atoms with Gasteiger partial charge in [0, 0.05) is 22.6 Å². The van der Waals surface area contributed by atoms with E-state index in [0.29, 0.717) is 12.0 Å². The summed E-state index contributed by atoms with van der Waals surface area (Å²) in [5.41, 5.74) is 1.99. The van der Waals surface area contributed by atoms with Crippen LogP contribution >= 0.6 is 15.9 Å². The molecule has 98 valence electrons.